The van der Waals surface area contributed by atoms with Gasteiger partial charge in [-0.1, -0.05) is 18.2 Å². The van der Waals surface area contributed by atoms with Gasteiger partial charge in [-0.3, -0.25) is 14.1 Å². The molecule has 1 rings (SSSR count). The van der Waals surface area contributed by atoms with Gasteiger partial charge in [-0.25, -0.2) is 0 Å². The second-order valence-electron chi connectivity index (χ2n) is 4.44. The van der Waals surface area contributed by atoms with E-state index in [2.05, 4.69) is 5.32 Å². The Kier molecular flexibility index (Phi) is 6.47. The molecule has 8 heteroatoms. The highest BCUT2D eigenvalue weighted by molar-refractivity contribution is 7.87. The normalized spacial score (nSPS) is 12.7. The van der Waals surface area contributed by atoms with Gasteiger partial charge in [0.1, 0.15) is 0 Å². The number of Topliss-reactive ketones (excluding diaryl/α,β-unsaturated/α-hetero) is 1. The summed E-state index contributed by atoms with van der Waals surface area (Å²) < 4.78 is 31.6. The van der Waals surface area contributed by atoms with Crippen LogP contribution in [0.15, 0.2) is 30.3 Å². The summed E-state index contributed by atoms with van der Waals surface area (Å²) in [4.78, 5) is 23.5. The van der Waals surface area contributed by atoms with E-state index >= 15 is 0 Å². The number of nitrogens with one attached hydrogen (secondary N) is 1. The van der Waals surface area contributed by atoms with Gasteiger partial charge in [-0.15, -0.1) is 0 Å². The first-order chi connectivity index (χ1) is 9.86. The van der Waals surface area contributed by atoms with E-state index in [1.807, 2.05) is 0 Å². The van der Waals surface area contributed by atoms with E-state index in [1.54, 1.807) is 30.3 Å². The number of hydrogen-bond acceptors (Lipinski definition) is 5. The number of benzene rings is 1. The molecule has 116 valence electrons. The Morgan fingerprint density at radius 3 is 2.38 bits per heavy atom. The van der Waals surface area contributed by atoms with Crippen molar-refractivity contribution in [2.24, 2.45) is 5.73 Å². The number of carbonyl (C=O) groups is 2. The number of nitrogens with two attached hydrogens (primary N) is 1. The summed E-state index contributed by atoms with van der Waals surface area (Å²) in [5.74, 6) is -1.19. The Bertz CT molecular complexity index is 586. The zero-order chi connectivity index (χ0) is 15.9. The molecular weight excluding hydrogens is 296 g/mol. The molecule has 0 saturated carbocycles. The number of ketones is 1. The topological polar surface area (TPSA) is 127 Å². The predicted octanol–water partition coefficient (Wildman–Crippen LogP) is -0.0192. The third-order valence-electron chi connectivity index (χ3n) is 2.83. The third-order valence-corrected chi connectivity index (χ3v) is 3.98. The van der Waals surface area contributed by atoms with Crippen molar-refractivity contribution in [1.29, 1.82) is 0 Å². The second-order valence-corrected chi connectivity index (χ2v) is 6.04. The first kappa shape index (κ1) is 17.3. The van der Waals surface area contributed by atoms with Gasteiger partial charge in [0.25, 0.3) is 16.0 Å². The van der Waals surface area contributed by atoms with Crippen LogP contribution in [0.5, 0.6) is 0 Å². The fraction of sp³-hybridized carbons (Fsp3) is 0.385. The van der Waals surface area contributed by atoms with Crippen molar-refractivity contribution < 1.29 is 22.6 Å². The quantitative estimate of drug-likeness (QED) is 0.579. The van der Waals surface area contributed by atoms with Crippen LogP contribution < -0.4 is 11.1 Å². The molecule has 0 radical (unpaired) electrons. The first-order valence-corrected chi connectivity index (χ1v) is 7.89. The maximum Gasteiger partial charge on any atom is 0.276 e. The van der Waals surface area contributed by atoms with Crippen LogP contribution in [-0.4, -0.2) is 43.0 Å². The lowest BCUT2D eigenvalue weighted by atomic mass is 10.1. The highest BCUT2D eigenvalue weighted by Crippen LogP contribution is 2.05. The molecular formula is C13H18N2O5S. The lowest BCUT2D eigenvalue weighted by Gasteiger charge is -2.13. The molecule has 1 aromatic carbocycles. The molecule has 0 heterocycles. The van der Waals surface area contributed by atoms with Gasteiger partial charge in [0.2, 0.25) is 0 Å². The summed E-state index contributed by atoms with van der Waals surface area (Å²) in [5.41, 5.74) is 5.58. The summed E-state index contributed by atoms with van der Waals surface area (Å²) >= 11 is 0. The molecule has 0 aliphatic heterocycles. The standard InChI is InChI=1S/C13H18N2O5S/c14-8-4-7-11(16)12(21(18,19)20)9-15-13(17)10-5-2-1-3-6-10/h1-3,5-6,12H,4,7-9,14H2,(H,15,17)(H,18,19,20). The van der Waals surface area contributed by atoms with Crippen LogP contribution in [0.4, 0.5) is 0 Å². The Morgan fingerprint density at radius 1 is 1.24 bits per heavy atom. The second kappa shape index (κ2) is 7.87. The van der Waals surface area contributed by atoms with Crippen molar-refractivity contribution in [3.63, 3.8) is 0 Å². The summed E-state index contributed by atoms with van der Waals surface area (Å²) in [6.45, 7) is -0.240. The Morgan fingerprint density at radius 2 is 1.86 bits per heavy atom. The molecule has 1 unspecified atom stereocenters. The fourth-order valence-electron chi connectivity index (χ4n) is 1.70. The third kappa shape index (κ3) is 5.62. The summed E-state index contributed by atoms with van der Waals surface area (Å²) in [6.07, 6.45) is 0.250. The van der Waals surface area contributed by atoms with Gasteiger partial charge in [0, 0.05) is 18.5 Å². The largest absolute Gasteiger partial charge is 0.350 e. The van der Waals surface area contributed by atoms with Crippen LogP contribution in [0.3, 0.4) is 0 Å². The van der Waals surface area contributed by atoms with Crippen LogP contribution >= 0.6 is 0 Å². The number of amides is 1. The summed E-state index contributed by atoms with van der Waals surface area (Å²) in [5, 5.41) is 0.663. The highest BCUT2D eigenvalue weighted by atomic mass is 32.2. The lowest BCUT2D eigenvalue weighted by Crippen LogP contribution is -2.41. The number of carbonyl (C=O) groups excluding carboxylic acids is 2. The Hall–Kier alpha value is -1.77. The minimum absolute atomic E-state index is 0.0673. The minimum Gasteiger partial charge on any atom is -0.350 e. The molecule has 0 aromatic heterocycles. The molecule has 0 spiro atoms. The monoisotopic (exact) mass is 314 g/mol. The Labute approximate surface area is 123 Å². The van der Waals surface area contributed by atoms with Crippen LogP contribution in [0.25, 0.3) is 0 Å². The number of rotatable bonds is 8. The van der Waals surface area contributed by atoms with Gasteiger partial charge in [-0.05, 0) is 25.1 Å². The van der Waals surface area contributed by atoms with Crippen molar-refractivity contribution in [3.05, 3.63) is 35.9 Å². The molecule has 21 heavy (non-hydrogen) atoms. The van der Waals surface area contributed by atoms with Crippen molar-refractivity contribution >= 4 is 21.8 Å². The highest BCUT2D eigenvalue weighted by Gasteiger charge is 2.30. The fourth-order valence-corrected chi connectivity index (χ4v) is 2.44. The number of hydrogen-bond donors (Lipinski definition) is 3. The van der Waals surface area contributed by atoms with Crippen molar-refractivity contribution in [2.75, 3.05) is 13.1 Å². The zero-order valence-electron chi connectivity index (χ0n) is 11.4. The minimum atomic E-state index is -4.58. The first-order valence-electron chi connectivity index (χ1n) is 6.38. The van der Waals surface area contributed by atoms with Crippen molar-refractivity contribution in [2.45, 2.75) is 18.1 Å². The molecule has 0 bridgehead atoms. The van der Waals surface area contributed by atoms with E-state index in [9.17, 15) is 18.0 Å². The smallest absolute Gasteiger partial charge is 0.276 e. The van der Waals surface area contributed by atoms with E-state index in [0.717, 1.165) is 0 Å². The van der Waals surface area contributed by atoms with E-state index < -0.39 is 33.6 Å². The van der Waals surface area contributed by atoms with E-state index in [1.165, 1.54) is 0 Å². The lowest BCUT2D eigenvalue weighted by molar-refractivity contribution is -0.118. The maximum absolute atomic E-state index is 11.8. The molecule has 1 aromatic rings. The van der Waals surface area contributed by atoms with Crippen molar-refractivity contribution in [1.82, 2.24) is 5.32 Å². The molecule has 7 nitrogen and oxygen atoms in total. The molecule has 4 N–H and O–H groups in total. The maximum atomic E-state index is 11.8. The van der Waals surface area contributed by atoms with Gasteiger partial charge < -0.3 is 11.1 Å². The van der Waals surface area contributed by atoms with Crippen LogP contribution in [-0.2, 0) is 14.9 Å². The SMILES string of the molecule is NCCCC(=O)C(CNC(=O)c1ccccc1)S(=O)(=O)O. The van der Waals surface area contributed by atoms with Gasteiger partial charge in [0.15, 0.2) is 11.0 Å². The summed E-state index contributed by atoms with van der Waals surface area (Å²) in [6, 6.07) is 8.14. The van der Waals surface area contributed by atoms with Crippen LogP contribution in [0, 0.1) is 0 Å². The molecule has 1 atom stereocenters. The summed E-state index contributed by atoms with van der Waals surface area (Å²) in [7, 11) is -4.58. The van der Waals surface area contributed by atoms with Crippen LogP contribution in [0.1, 0.15) is 23.2 Å². The molecule has 1 amide bonds. The average molecular weight is 314 g/mol. The molecule has 0 saturated heterocycles. The molecule has 0 aliphatic carbocycles. The molecule has 0 aliphatic rings. The van der Waals surface area contributed by atoms with Crippen LogP contribution in [0.2, 0.25) is 0 Å². The average Bonchev–Trinajstić information content (AvgIpc) is 2.44. The van der Waals surface area contributed by atoms with Crippen molar-refractivity contribution in [3.8, 4) is 0 Å². The van der Waals surface area contributed by atoms with Gasteiger partial charge >= 0.3 is 0 Å². The van der Waals surface area contributed by atoms with E-state index in [0.29, 0.717) is 12.0 Å². The molecule has 0 fully saturated rings. The van der Waals surface area contributed by atoms with E-state index in [-0.39, 0.29) is 13.0 Å². The Balaban J connectivity index is 2.70. The predicted molar refractivity (Wildman–Crippen MR) is 77.4 cm³/mol. The van der Waals surface area contributed by atoms with Gasteiger partial charge in [-0.2, -0.15) is 8.42 Å². The zero-order valence-corrected chi connectivity index (χ0v) is 12.2. The van der Waals surface area contributed by atoms with E-state index in [4.69, 9.17) is 10.3 Å². The van der Waals surface area contributed by atoms with Gasteiger partial charge in [0.05, 0.1) is 0 Å².